The van der Waals surface area contributed by atoms with Gasteiger partial charge in [0.05, 0.1) is 12.3 Å². The first kappa shape index (κ1) is 15.1. The molecule has 1 aromatic carbocycles. The van der Waals surface area contributed by atoms with E-state index in [1.807, 2.05) is 0 Å². The molecule has 1 N–H and O–H groups in total. The number of carboxylic acid groups (broad SMARTS) is 1. The monoisotopic (exact) mass is 315 g/mol. The standard InChI is InChI=1S/C14H15Cl2NO3/c15-11-4-3-9(12(16)7-11)6-13(18)17-5-1-2-10(8-17)14(19)20/h3-4,7,10H,1-2,5-6,8H2,(H,19,20)/t10-/m1/s1. The number of nitrogens with zero attached hydrogens (tertiary/aromatic N) is 1. The third-order valence-corrected chi connectivity index (χ3v) is 4.07. The van der Waals surface area contributed by atoms with Gasteiger partial charge in [-0.2, -0.15) is 0 Å². The number of benzene rings is 1. The van der Waals surface area contributed by atoms with Crippen LogP contribution in [0.1, 0.15) is 18.4 Å². The molecular formula is C14H15Cl2NO3. The Bertz CT molecular complexity index is 533. The van der Waals surface area contributed by atoms with E-state index in [1.54, 1.807) is 23.1 Å². The van der Waals surface area contributed by atoms with Crippen LogP contribution in [-0.4, -0.2) is 35.0 Å². The van der Waals surface area contributed by atoms with Gasteiger partial charge in [0.1, 0.15) is 0 Å². The quantitative estimate of drug-likeness (QED) is 0.933. The van der Waals surface area contributed by atoms with E-state index in [1.165, 1.54) is 0 Å². The average molecular weight is 316 g/mol. The number of amides is 1. The molecule has 1 heterocycles. The first-order valence-electron chi connectivity index (χ1n) is 6.42. The molecule has 1 aliphatic heterocycles. The second kappa shape index (κ2) is 6.46. The lowest BCUT2D eigenvalue weighted by molar-refractivity contribution is -0.145. The van der Waals surface area contributed by atoms with Gasteiger partial charge in [-0.3, -0.25) is 9.59 Å². The highest BCUT2D eigenvalue weighted by atomic mass is 35.5. The molecule has 1 saturated heterocycles. The summed E-state index contributed by atoms with van der Waals surface area (Å²) in [5.41, 5.74) is 0.707. The first-order valence-corrected chi connectivity index (χ1v) is 7.17. The SMILES string of the molecule is O=C(O)[C@@H]1CCCN(C(=O)Cc2ccc(Cl)cc2Cl)C1. The lowest BCUT2D eigenvalue weighted by atomic mass is 9.97. The van der Waals surface area contributed by atoms with Gasteiger partial charge in [-0.05, 0) is 30.5 Å². The largest absolute Gasteiger partial charge is 0.481 e. The summed E-state index contributed by atoms with van der Waals surface area (Å²) in [4.78, 5) is 24.8. The average Bonchev–Trinajstić information content (AvgIpc) is 2.42. The molecule has 0 spiro atoms. The number of piperidine rings is 1. The van der Waals surface area contributed by atoms with Gasteiger partial charge in [-0.1, -0.05) is 29.3 Å². The molecule has 0 radical (unpaired) electrons. The predicted octanol–water partition coefficient (Wildman–Crippen LogP) is 2.86. The molecule has 0 saturated carbocycles. The summed E-state index contributed by atoms with van der Waals surface area (Å²) in [6.07, 6.45) is 1.51. The van der Waals surface area contributed by atoms with Crippen LogP contribution in [0.15, 0.2) is 18.2 Å². The van der Waals surface area contributed by atoms with Crippen molar-refractivity contribution in [3.8, 4) is 0 Å². The fraction of sp³-hybridized carbons (Fsp3) is 0.429. The smallest absolute Gasteiger partial charge is 0.308 e. The maximum Gasteiger partial charge on any atom is 0.308 e. The highest BCUT2D eigenvalue weighted by Gasteiger charge is 2.28. The Labute approximate surface area is 127 Å². The van der Waals surface area contributed by atoms with Crippen LogP contribution in [0.2, 0.25) is 10.0 Å². The van der Waals surface area contributed by atoms with Crippen LogP contribution in [0.25, 0.3) is 0 Å². The van der Waals surface area contributed by atoms with Crippen LogP contribution in [0.4, 0.5) is 0 Å². The van der Waals surface area contributed by atoms with Crippen molar-refractivity contribution in [1.82, 2.24) is 4.90 Å². The summed E-state index contributed by atoms with van der Waals surface area (Å²) in [6, 6.07) is 5.01. The molecule has 0 bridgehead atoms. The zero-order valence-corrected chi connectivity index (χ0v) is 12.3. The van der Waals surface area contributed by atoms with E-state index in [9.17, 15) is 9.59 Å². The number of carbonyl (C=O) groups excluding carboxylic acids is 1. The zero-order chi connectivity index (χ0) is 14.7. The van der Waals surface area contributed by atoms with Gasteiger partial charge in [0.15, 0.2) is 0 Å². The summed E-state index contributed by atoms with van der Waals surface area (Å²) in [5.74, 6) is -1.40. The Morgan fingerprint density at radius 1 is 1.35 bits per heavy atom. The number of hydrogen-bond acceptors (Lipinski definition) is 2. The maximum atomic E-state index is 12.2. The fourth-order valence-electron chi connectivity index (χ4n) is 2.35. The number of carboxylic acids is 1. The molecule has 1 atom stereocenters. The first-order chi connectivity index (χ1) is 9.47. The van der Waals surface area contributed by atoms with Gasteiger partial charge in [0.2, 0.25) is 5.91 Å². The number of rotatable bonds is 3. The van der Waals surface area contributed by atoms with Crippen LogP contribution in [0.3, 0.4) is 0 Å². The zero-order valence-electron chi connectivity index (χ0n) is 10.8. The Morgan fingerprint density at radius 3 is 2.75 bits per heavy atom. The van der Waals surface area contributed by atoms with E-state index in [4.69, 9.17) is 28.3 Å². The van der Waals surface area contributed by atoms with Gasteiger partial charge < -0.3 is 10.0 Å². The van der Waals surface area contributed by atoms with E-state index < -0.39 is 11.9 Å². The van der Waals surface area contributed by atoms with Crippen LogP contribution in [-0.2, 0) is 16.0 Å². The van der Waals surface area contributed by atoms with Gasteiger partial charge in [-0.15, -0.1) is 0 Å². The summed E-state index contributed by atoms with van der Waals surface area (Å²) >= 11 is 11.9. The second-order valence-corrected chi connectivity index (χ2v) is 5.77. The van der Waals surface area contributed by atoms with E-state index >= 15 is 0 Å². The van der Waals surface area contributed by atoms with Crippen molar-refractivity contribution in [3.05, 3.63) is 33.8 Å². The summed E-state index contributed by atoms with van der Waals surface area (Å²) < 4.78 is 0. The van der Waals surface area contributed by atoms with Gasteiger partial charge in [0, 0.05) is 23.1 Å². The summed E-state index contributed by atoms with van der Waals surface area (Å²) in [5, 5.41) is 10.0. The van der Waals surface area contributed by atoms with Crippen LogP contribution < -0.4 is 0 Å². The molecule has 1 aromatic rings. The van der Waals surface area contributed by atoms with Crippen molar-refractivity contribution in [2.75, 3.05) is 13.1 Å². The molecular weight excluding hydrogens is 301 g/mol. The normalized spacial score (nSPS) is 18.9. The third-order valence-electron chi connectivity index (χ3n) is 3.48. The lowest BCUT2D eigenvalue weighted by Gasteiger charge is -2.30. The molecule has 2 rings (SSSR count). The minimum Gasteiger partial charge on any atom is -0.481 e. The summed E-state index contributed by atoms with van der Waals surface area (Å²) in [6.45, 7) is 0.882. The number of carbonyl (C=O) groups is 2. The van der Waals surface area contributed by atoms with Crippen molar-refractivity contribution in [3.63, 3.8) is 0 Å². The Morgan fingerprint density at radius 2 is 2.10 bits per heavy atom. The van der Waals surface area contributed by atoms with E-state index in [-0.39, 0.29) is 18.9 Å². The summed E-state index contributed by atoms with van der Waals surface area (Å²) in [7, 11) is 0. The van der Waals surface area contributed by atoms with Gasteiger partial charge in [0.25, 0.3) is 0 Å². The molecule has 108 valence electrons. The molecule has 0 unspecified atom stereocenters. The van der Waals surface area contributed by atoms with Crippen LogP contribution in [0.5, 0.6) is 0 Å². The van der Waals surface area contributed by atoms with Gasteiger partial charge >= 0.3 is 5.97 Å². The number of aliphatic carboxylic acids is 1. The minimum atomic E-state index is -0.841. The highest BCUT2D eigenvalue weighted by Crippen LogP contribution is 2.23. The molecule has 1 amide bonds. The molecule has 20 heavy (non-hydrogen) atoms. The van der Waals surface area contributed by atoms with Crippen molar-refractivity contribution in [1.29, 1.82) is 0 Å². The maximum absolute atomic E-state index is 12.2. The van der Waals surface area contributed by atoms with Crippen molar-refractivity contribution in [2.24, 2.45) is 5.92 Å². The van der Waals surface area contributed by atoms with E-state index in [0.717, 1.165) is 6.42 Å². The molecule has 1 fully saturated rings. The topological polar surface area (TPSA) is 57.6 Å². The number of likely N-dealkylation sites (tertiary alicyclic amines) is 1. The van der Waals surface area contributed by atoms with E-state index in [0.29, 0.717) is 28.6 Å². The van der Waals surface area contributed by atoms with Gasteiger partial charge in [-0.25, -0.2) is 0 Å². The van der Waals surface area contributed by atoms with E-state index in [2.05, 4.69) is 0 Å². The van der Waals surface area contributed by atoms with Crippen molar-refractivity contribution in [2.45, 2.75) is 19.3 Å². The third kappa shape index (κ3) is 3.64. The van der Waals surface area contributed by atoms with Crippen LogP contribution >= 0.6 is 23.2 Å². The minimum absolute atomic E-state index is 0.0971. The van der Waals surface area contributed by atoms with Crippen LogP contribution in [0, 0.1) is 5.92 Å². The van der Waals surface area contributed by atoms with Crippen molar-refractivity contribution < 1.29 is 14.7 Å². The molecule has 0 aliphatic carbocycles. The Balaban J connectivity index is 2.02. The lowest BCUT2D eigenvalue weighted by Crippen LogP contribution is -2.43. The number of halogens is 2. The molecule has 0 aromatic heterocycles. The van der Waals surface area contributed by atoms with Crippen molar-refractivity contribution >= 4 is 35.1 Å². The Kier molecular flexibility index (Phi) is 4.89. The molecule has 4 nitrogen and oxygen atoms in total. The molecule has 1 aliphatic rings. The Hall–Kier alpha value is -1.26. The fourth-order valence-corrected chi connectivity index (χ4v) is 2.82. The number of hydrogen-bond donors (Lipinski definition) is 1. The molecule has 6 heteroatoms. The predicted molar refractivity (Wildman–Crippen MR) is 77.1 cm³/mol. The second-order valence-electron chi connectivity index (χ2n) is 4.93. The highest BCUT2D eigenvalue weighted by molar-refractivity contribution is 6.35.